The van der Waals surface area contributed by atoms with E-state index in [2.05, 4.69) is 27.9 Å². The lowest BCUT2D eigenvalue weighted by Crippen LogP contribution is -2.35. The number of hydrogen-bond donors (Lipinski definition) is 1. The number of thiophene rings is 1. The van der Waals surface area contributed by atoms with Gasteiger partial charge in [0.25, 0.3) is 0 Å². The molecule has 0 saturated carbocycles. The number of aliphatic hydroxyl groups excluding tert-OH is 1. The van der Waals surface area contributed by atoms with Crippen molar-refractivity contribution in [1.29, 1.82) is 0 Å². The zero-order valence-electron chi connectivity index (χ0n) is 11.2. The number of aryl methyl sites for hydroxylation is 1. The summed E-state index contributed by atoms with van der Waals surface area (Å²) in [5.74, 6) is 1.53. The minimum Gasteiger partial charge on any atom is -0.396 e. The number of aromatic nitrogens is 2. The van der Waals surface area contributed by atoms with E-state index < -0.39 is 0 Å². The molecule has 0 spiro atoms. The van der Waals surface area contributed by atoms with E-state index >= 15 is 0 Å². The number of fused-ring (bicyclic) bond motifs is 1. The molecule has 1 saturated heterocycles. The molecule has 3 rings (SSSR count). The lowest BCUT2D eigenvalue weighted by atomic mass is 9.98. The van der Waals surface area contributed by atoms with Crippen LogP contribution >= 0.6 is 11.3 Å². The number of anilines is 1. The van der Waals surface area contributed by atoms with Gasteiger partial charge in [-0.3, -0.25) is 0 Å². The van der Waals surface area contributed by atoms with Crippen molar-refractivity contribution < 1.29 is 5.11 Å². The Morgan fingerprint density at radius 2 is 2.16 bits per heavy atom. The van der Waals surface area contributed by atoms with Crippen LogP contribution in [0.15, 0.2) is 12.4 Å². The van der Waals surface area contributed by atoms with Gasteiger partial charge in [0.05, 0.1) is 5.39 Å². The first kappa shape index (κ1) is 12.8. The second-order valence-corrected chi connectivity index (χ2v) is 6.21. The Balaban J connectivity index is 1.90. The molecule has 3 heterocycles. The quantitative estimate of drug-likeness (QED) is 0.936. The Kier molecular flexibility index (Phi) is 3.66. The van der Waals surface area contributed by atoms with Gasteiger partial charge in [0.2, 0.25) is 0 Å². The van der Waals surface area contributed by atoms with Crippen LogP contribution in [0.4, 0.5) is 5.82 Å². The molecule has 1 aliphatic heterocycles. The predicted octanol–water partition coefficient (Wildman–Crippen LogP) is 2.46. The fraction of sp³-hybridized carbons (Fsp3) is 0.571. The number of piperidine rings is 1. The van der Waals surface area contributed by atoms with E-state index in [9.17, 15) is 5.11 Å². The molecule has 0 aliphatic carbocycles. The predicted molar refractivity (Wildman–Crippen MR) is 78.8 cm³/mol. The molecule has 1 aliphatic rings. The van der Waals surface area contributed by atoms with Crippen molar-refractivity contribution in [3.05, 3.63) is 17.3 Å². The molecular formula is C14H19N3OS. The monoisotopic (exact) mass is 277 g/mol. The van der Waals surface area contributed by atoms with Gasteiger partial charge in [0.1, 0.15) is 17.0 Å². The maximum Gasteiger partial charge on any atom is 0.140 e. The lowest BCUT2D eigenvalue weighted by molar-refractivity contribution is 0.203. The van der Waals surface area contributed by atoms with Crippen LogP contribution in [0.25, 0.3) is 10.2 Å². The van der Waals surface area contributed by atoms with Crippen LogP contribution in [0.3, 0.4) is 0 Å². The SMILES string of the molecule is CCc1cc2c(N3CCC(CO)CC3)ncnc2s1. The van der Waals surface area contributed by atoms with E-state index in [4.69, 9.17) is 0 Å². The van der Waals surface area contributed by atoms with Gasteiger partial charge in [-0.05, 0) is 31.2 Å². The molecule has 0 unspecified atom stereocenters. The molecule has 0 amide bonds. The highest BCUT2D eigenvalue weighted by molar-refractivity contribution is 7.18. The van der Waals surface area contributed by atoms with Crippen LogP contribution in [-0.4, -0.2) is 34.8 Å². The average molecular weight is 277 g/mol. The summed E-state index contributed by atoms with van der Waals surface area (Å²) in [6.07, 6.45) is 4.82. The van der Waals surface area contributed by atoms with Gasteiger partial charge >= 0.3 is 0 Å². The Labute approximate surface area is 117 Å². The van der Waals surface area contributed by atoms with E-state index in [0.29, 0.717) is 12.5 Å². The summed E-state index contributed by atoms with van der Waals surface area (Å²) < 4.78 is 0. The molecule has 102 valence electrons. The number of aliphatic hydroxyl groups is 1. The first-order chi connectivity index (χ1) is 9.31. The number of rotatable bonds is 3. The minimum absolute atomic E-state index is 0.311. The summed E-state index contributed by atoms with van der Waals surface area (Å²) >= 11 is 1.76. The highest BCUT2D eigenvalue weighted by atomic mass is 32.1. The van der Waals surface area contributed by atoms with Gasteiger partial charge in [-0.25, -0.2) is 9.97 Å². The average Bonchev–Trinajstić information content (AvgIpc) is 2.90. The van der Waals surface area contributed by atoms with Gasteiger partial charge < -0.3 is 10.0 Å². The smallest absolute Gasteiger partial charge is 0.140 e. The summed E-state index contributed by atoms with van der Waals surface area (Å²) in [5, 5.41) is 10.4. The van der Waals surface area contributed by atoms with Crippen molar-refractivity contribution in [2.24, 2.45) is 5.92 Å². The minimum atomic E-state index is 0.311. The van der Waals surface area contributed by atoms with E-state index in [-0.39, 0.29) is 0 Å². The van der Waals surface area contributed by atoms with Crippen LogP contribution < -0.4 is 4.90 Å². The van der Waals surface area contributed by atoms with Crippen molar-refractivity contribution in [2.45, 2.75) is 26.2 Å². The summed E-state index contributed by atoms with van der Waals surface area (Å²) in [6.45, 7) is 4.44. The Bertz CT molecular complexity index is 561. The lowest BCUT2D eigenvalue weighted by Gasteiger charge is -2.32. The first-order valence-electron chi connectivity index (χ1n) is 6.91. The second kappa shape index (κ2) is 5.43. The van der Waals surface area contributed by atoms with Crippen LogP contribution in [0.5, 0.6) is 0 Å². The summed E-state index contributed by atoms with van der Waals surface area (Å²) in [6, 6.07) is 2.23. The summed E-state index contributed by atoms with van der Waals surface area (Å²) in [7, 11) is 0. The van der Waals surface area contributed by atoms with Gasteiger partial charge in [-0.1, -0.05) is 6.92 Å². The zero-order chi connectivity index (χ0) is 13.2. The van der Waals surface area contributed by atoms with Gasteiger partial charge in [0.15, 0.2) is 0 Å². The highest BCUT2D eigenvalue weighted by Gasteiger charge is 2.21. The van der Waals surface area contributed by atoms with Crippen LogP contribution in [0.1, 0.15) is 24.6 Å². The summed E-state index contributed by atoms with van der Waals surface area (Å²) in [4.78, 5) is 13.7. The maximum atomic E-state index is 9.21. The van der Waals surface area contributed by atoms with Crippen LogP contribution in [0.2, 0.25) is 0 Å². The number of hydrogen-bond acceptors (Lipinski definition) is 5. The van der Waals surface area contributed by atoms with E-state index in [1.807, 2.05) is 0 Å². The zero-order valence-corrected chi connectivity index (χ0v) is 12.0. The third kappa shape index (κ3) is 2.44. The molecule has 4 nitrogen and oxygen atoms in total. The molecule has 2 aromatic heterocycles. The van der Waals surface area contributed by atoms with E-state index in [0.717, 1.165) is 43.0 Å². The Hall–Kier alpha value is -1.20. The second-order valence-electron chi connectivity index (χ2n) is 5.10. The van der Waals surface area contributed by atoms with E-state index in [1.165, 1.54) is 10.3 Å². The summed E-state index contributed by atoms with van der Waals surface area (Å²) in [5.41, 5.74) is 0. The molecule has 0 radical (unpaired) electrons. The molecule has 0 atom stereocenters. The third-order valence-electron chi connectivity index (χ3n) is 3.88. The maximum absolute atomic E-state index is 9.21. The van der Waals surface area contributed by atoms with Gasteiger partial charge in [0, 0.05) is 24.6 Å². The molecule has 0 aromatic carbocycles. The fourth-order valence-corrected chi connectivity index (χ4v) is 3.58. The fourth-order valence-electron chi connectivity index (χ4n) is 2.65. The molecule has 5 heteroatoms. The molecule has 19 heavy (non-hydrogen) atoms. The normalized spacial score (nSPS) is 17.3. The van der Waals surface area contributed by atoms with Gasteiger partial charge in [-0.2, -0.15) is 0 Å². The van der Waals surface area contributed by atoms with Crippen molar-refractivity contribution >= 4 is 27.4 Å². The first-order valence-corrected chi connectivity index (χ1v) is 7.72. The van der Waals surface area contributed by atoms with Crippen molar-refractivity contribution in [3.63, 3.8) is 0 Å². The largest absolute Gasteiger partial charge is 0.396 e. The van der Waals surface area contributed by atoms with Crippen LogP contribution in [-0.2, 0) is 6.42 Å². The Morgan fingerprint density at radius 3 is 2.84 bits per heavy atom. The van der Waals surface area contributed by atoms with Crippen LogP contribution in [0, 0.1) is 5.92 Å². The van der Waals surface area contributed by atoms with Gasteiger partial charge in [-0.15, -0.1) is 11.3 Å². The number of nitrogens with zero attached hydrogens (tertiary/aromatic N) is 3. The van der Waals surface area contributed by atoms with E-state index in [1.54, 1.807) is 17.7 Å². The standard InChI is InChI=1S/C14H19N3OS/c1-2-11-7-12-13(15-9-16-14(12)19-11)17-5-3-10(8-18)4-6-17/h7,9-10,18H,2-6,8H2,1H3. The van der Waals surface area contributed by atoms with Crippen molar-refractivity contribution in [2.75, 3.05) is 24.6 Å². The topological polar surface area (TPSA) is 49.2 Å². The Morgan fingerprint density at radius 1 is 1.37 bits per heavy atom. The van der Waals surface area contributed by atoms with Crippen molar-refractivity contribution in [1.82, 2.24) is 9.97 Å². The molecule has 0 bridgehead atoms. The molecule has 1 fully saturated rings. The molecular weight excluding hydrogens is 258 g/mol. The molecule has 2 aromatic rings. The molecule has 1 N–H and O–H groups in total. The highest BCUT2D eigenvalue weighted by Crippen LogP contribution is 2.32. The van der Waals surface area contributed by atoms with Crippen molar-refractivity contribution in [3.8, 4) is 0 Å². The third-order valence-corrected chi connectivity index (χ3v) is 5.07.